The van der Waals surface area contributed by atoms with E-state index in [0.29, 0.717) is 18.8 Å². The summed E-state index contributed by atoms with van der Waals surface area (Å²) >= 11 is 0. The minimum absolute atomic E-state index is 0.398. The Hall–Kier alpha value is -1.07. The Morgan fingerprint density at radius 2 is 2.00 bits per heavy atom. The van der Waals surface area contributed by atoms with Gasteiger partial charge in [0.05, 0.1) is 17.9 Å². The Bertz CT molecular complexity index is 416. The highest BCUT2D eigenvalue weighted by Crippen LogP contribution is 2.31. The van der Waals surface area contributed by atoms with Gasteiger partial charge in [-0.15, -0.1) is 0 Å². The minimum Gasteiger partial charge on any atom is -0.371 e. The van der Waals surface area contributed by atoms with Crippen LogP contribution < -0.4 is 10.6 Å². The number of hydrogen-bond donors (Lipinski definition) is 1. The molecule has 0 aromatic carbocycles. The van der Waals surface area contributed by atoms with Crippen LogP contribution in [-0.2, 0) is 18.3 Å². The van der Waals surface area contributed by atoms with Crippen LogP contribution in [0, 0.1) is 6.92 Å². The topological polar surface area (TPSA) is 56.3 Å². The Morgan fingerprint density at radius 3 is 2.59 bits per heavy atom. The number of aryl methyl sites for hydroxylation is 2. The third-order valence-corrected chi connectivity index (χ3v) is 3.86. The number of nitrogens with two attached hydrogens (primary N) is 1. The molecule has 2 aliphatic rings. The Morgan fingerprint density at radius 1 is 1.35 bits per heavy atom. The second-order valence-corrected chi connectivity index (χ2v) is 5.08. The summed E-state index contributed by atoms with van der Waals surface area (Å²) in [5, 5.41) is 4.48. The van der Waals surface area contributed by atoms with Gasteiger partial charge in [-0.05, 0) is 19.8 Å². The standard InChI is InChI=1S/C12H20N4O/c1-8-11(5-13)12(15(2)14-8)16-6-9-3-4-10(7-16)17-9/h9-10H,3-7,13H2,1-2H3. The van der Waals surface area contributed by atoms with Gasteiger partial charge in [0.2, 0.25) is 0 Å². The lowest BCUT2D eigenvalue weighted by atomic mass is 10.2. The first kappa shape index (κ1) is 11.0. The summed E-state index contributed by atoms with van der Waals surface area (Å²) in [7, 11) is 2.00. The summed E-state index contributed by atoms with van der Waals surface area (Å²) in [6.45, 7) is 4.54. The zero-order valence-corrected chi connectivity index (χ0v) is 10.5. The van der Waals surface area contributed by atoms with Crippen LogP contribution in [-0.4, -0.2) is 35.1 Å². The highest BCUT2D eigenvalue weighted by Gasteiger charge is 2.35. The second kappa shape index (κ2) is 3.99. The summed E-state index contributed by atoms with van der Waals surface area (Å²) in [4.78, 5) is 2.40. The van der Waals surface area contributed by atoms with E-state index < -0.39 is 0 Å². The van der Waals surface area contributed by atoms with E-state index in [-0.39, 0.29) is 0 Å². The Balaban J connectivity index is 1.93. The van der Waals surface area contributed by atoms with Crippen molar-refractivity contribution in [3.63, 3.8) is 0 Å². The van der Waals surface area contributed by atoms with Crippen LogP contribution in [0.25, 0.3) is 0 Å². The van der Waals surface area contributed by atoms with Crippen molar-refractivity contribution in [2.45, 2.75) is 38.5 Å². The molecule has 3 rings (SSSR count). The van der Waals surface area contributed by atoms with E-state index in [1.54, 1.807) is 0 Å². The molecule has 5 nitrogen and oxygen atoms in total. The third-order valence-electron chi connectivity index (χ3n) is 3.86. The fourth-order valence-corrected chi connectivity index (χ4v) is 3.11. The monoisotopic (exact) mass is 236 g/mol. The van der Waals surface area contributed by atoms with E-state index in [4.69, 9.17) is 10.5 Å². The van der Waals surface area contributed by atoms with E-state index >= 15 is 0 Å². The Kier molecular flexibility index (Phi) is 2.60. The molecule has 0 aliphatic carbocycles. The number of anilines is 1. The quantitative estimate of drug-likeness (QED) is 0.815. The smallest absolute Gasteiger partial charge is 0.131 e. The van der Waals surface area contributed by atoms with Crippen molar-refractivity contribution < 1.29 is 4.74 Å². The van der Waals surface area contributed by atoms with Gasteiger partial charge in [-0.1, -0.05) is 0 Å². The van der Waals surface area contributed by atoms with Gasteiger partial charge in [0.15, 0.2) is 0 Å². The van der Waals surface area contributed by atoms with Crippen molar-refractivity contribution >= 4 is 5.82 Å². The molecule has 2 saturated heterocycles. The van der Waals surface area contributed by atoms with Crippen LogP contribution in [0.2, 0.25) is 0 Å². The van der Waals surface area contributed by atoms with Gasteiger partial charge >= 0.3 is 0 Å². The average Bonchev–Trinajstić information content (AvgIpc) is 2.78. The fourth-order valence-electron chi connectivity index (χ4n) is 3.11. The van der Waals surface area contributed by atoms with Gasteiger partial charge in [-0.2, -0.15) is 5.10 Å². The van der Waals surface area contributed by atoms with Crippen molar-refractivity contribution in [2.75, 3.05) is 18.0 Å². The Labute approximate surface area is 102 Å². The lowest BCUT2D eigenvalue weighted by molar-refractivity contribution is 0.0299. The van der Waals surface area contributed by atoms with Gasteiger partial charge in [0, 0.05) is 32.2 Å². The number of rotatable bonds is 2. The van der Waals surface area contributed by atoms with E-state index in [2.05, 4.69) is 10.00 Å². The lowest BCUT2D eigenvalue weighted by Crippen LogP contribution is -2.44. The lowest BCUT2D eigenvalue weighted by Gasteiger charge is -2.34. The predicted molar refractivity (Wildman–Crippen MR) is 65.9 cm³/mol. The van der Waals surface area contributed by atoms with Crippen LogP contribution in [0.1, 0.15) is 24.1 Å². The maximum Gasteiger partial charge on any atom is 0.131 e. The molecule has 3 heterocycles. The van der Waals surface area contributed by atoms with E-state index in [1.807, 2.05) is 18.7 Å². The molecule has 1 aromatic rings. The molecule has 2 unspecified atom stereocenters. The number of fused-ring (bicyclic) bond motifs is 2. The molecule has 2 bridgehead atoms. The van der Waals surface area contributed by atoms with Crippen LogP contribution in [0.3, 0.4) is 0 Å². The maximum atomic E-state index is 5.87. The van der Waals surface area contributed by atoms with Crippen LogP contribution in [0.15, 0.2) is 0 Å². The van der Waals surface area contributed by atoms with Crippen molar-refractivity contribution in [2.24, 2.45) is 12.8 Å². The summed E-state index contributed by atoms with van der Waals surface area (Å²) in [5.74, 6) is 1.19. The van der Waals surface area contributed by atoms with Gasteiger partial charge < -0.3 is 15.4 Å². The van der Waals surface area contributed by atoms with Gasteiger partial charge in [-0.3, -0.25) is 4.68 Å². The van der Waals surface area contributed by atoms with Crippen LogP contribution in [0.5, 0.6) is 0 Å². The number of nitrogens with zero attached hydrogens (tertiary/aromatic N) is 3. The predicted octanol–water partition coefficient (Wildman–Crippen LogP) is 0.555. The van der Waals surface area contributed by atoms with E-state index in [9.17, 15) is 0 Å². The molecule has 0 radical (unpaired) electrons. The normalized spacial score (nSPS) is 27.8. The summed E-state index contributed by atoms with van der Waals surface area (Å²) in [5.41, 5.74) is 8.07. The number of aromatic nitrogens is 2. The molecule has 0 amide bonds. The van der Waals surface area contributed by atoms with Crippen molar-refractivity contribution in [3.05, 3.63) is 11.3 Å². The first-order valence-electron chi connectivity index (χ1n) is 6.32. The number of hydrogen-bond acceptors (Lipinski definition) is 4. The molecule has 5 heteroatoms. The minimum atomic E-state index is 0.398. The van der Waals surface area contributed by atoms with Crippen LogP contribution >= 0.6 is 0 Å². The summed E-state index contributed by atoms with van der Waals surface area (Å²) in [6.07, 6.45) is 3.18. The maximum absolute atomic E-state index is 5.87. The first-order valence-corrected chi connectivity index (χ1v) is 6.32. The zero-order valence-electron chi connectivity index (χ0n) is 10.5. The molecule has 0 spiro atoms. The van der Waals surface area contributed by atoms with E-state index in [0.717, 1.165) is 18.8 Å². The summed E-state index contributed by atoms with van der Waals surface area (Å²) in [6, 6.07) is 0. The van der Waals surface area contributed by atoms with Gasteiger partial charge in [0.25, 0.3) is 0 Å². The molecular formula is C12H20N4O. The first-order chi connectivity index (χ1) is 8.19. The SMILES string of the molecule is Cc1nn(C)c(N2CC3CCC(C2)O3)c1CN. The zero-order chi connectivity index (χ0) is 12.0. The molecule has 2 aliphatic heterocycles. The molecular weight excluding hydrogens is 216 g/mol. The highest BCUT2D eigenvalue weighted by molar-refractivity contribution is 5.51. The van der Waals surface area contributed by atoms with Crippen molar-refractivity contribution in [1.82, 2.24) is 9.78 Å². The van der Waals surface area contributed by atoms with Crippen molar-refractivity contribution in [1.29, 1.82) is 0 Å². The largest absolute Gasteiger partial charge is 0.371 e. The second-order valence-electron chi connectivity index (χ2n) is 5.08. The van der Waals surface area contributed by atoms with E-state index in [1.165, 1.54) is 24.2 Å². The summed E-state index contributed by atoms with van der Waals surface area (Å²) < 4.78 is 7.83. The molecule has 0 saturated carbocycles. The molecule has 1 aromatic heterocycles. The molecule has 2 N–H and O–H groups in total. The van der Waals surface area contributed by atoms with Gasteiger partial charge in [-0.25, -0.2) is 0 Å². The fraction of sp³-hybridized carbons (Fsp3) is 0.750. The van der Waals surface area contributed by atoms with Crippen molar-refractivity contribution in [3.8, 4) is 0 Å². The molecule has 17 heavy (non-hydrogen) atoms. The van der Waals surface area contributed by atoms with Crippen LogP contribution in [0.4, 0.5) is 5.82 Å². The molecule has 2 atom stereocenters. The highest BCUT2D eigenvalue weighted by atomic mass is 16.5. The molecule has 2 fully saturated rings. The average molecular weight is 236 g/mol. The van der Waals surface area contributed by atoms with Gasteiger partial charge in [0.1, 0.15) is 5.82 Å². The number of morpholine rings is 1. The third kappa shape index (κ3) is 1.73. The number of ether oxygens (including phenoxy) is 1. The molecule has 94 valence electrons.